The summed E-state index contributed by atoms with van der Waals surface area (Å²) in [6.07, 6.45) is 0. The zero-order valence-electron chi connectivity index (χ0n) is 11.5. The molecule has 0 aromatic heterocycles. The van der Waals surface area contributed by atoms with E-state index in [-0.39, 0.29) is 0 Å². The lowest BCUT2D eigenvalue weighted by Crippen LogP contribution is -2.01. The minimum Gasteiger partial charge on any atom is -0.454 e. The van der Waals surface area contributed by atoms with Gasteiger partial charge in [0.2, 0.25) is 6.79 Å². The number of nitrogens with one attached hydrogen (secondary N) is 1. The van der Waals surface area contributed by atoms with Crippen LogP contribution in [-0.4, -0.2) is 6.79 Å². The molecule has 2 aromatic carbocycles. The second kappa shape index (κ2) is 5.37. The maximum Gasteiger partial charge on any atom is 0.231 e. The largest absolute Gasteiger partial charge is 0.454 e. The van der Waals surface area contributed by atoms with Gasteiger partial charge in [-0.15, -0.1) is 0 Å². The van der Waals surface area contributed by atoms with Gasteiger partial charge in [0.1, 0.15) is 0 Å². The SMILES string of the molecule is Cc1ccc(NCc2cc3c(cc2Br)OCO3)cc1C. The van der Waals surface area contributed by atoms with Gasteiger partial charge in [-0.3, -0.25) is 0 Å². The highest BCUT2D eigenvalue weighted by Gasteiger charge is 2.16. The molecule has 0 fully saturated rings. The first-order valence-corrected chi connectivity index (χ1v) is 7.32. The quantitative estimate of drug-likeness (QED) is 0.902. The van der Waals surface area contributed by atoms with Crippen molar-refractivity contribution >= 4 is 21.6 Å². The first-order valence-electron chi connectivity index (χ1n) is 6.52. The van der Waals surface area contributed by atoms with Crippen LogP contribution in [0, 0.1) is 13.8 Å². The van der Waals surface area contributed by atoms with Crippen molar-refractivity contribution in [3.8, 4) is 11.5 Å². The van der Waals surface area contributed by atoms with Crippen LogP contribution in [0.1, 0.15) is 16.7 Å². The van der Waals surface area contributed by atoms with Gasteiger partial charge in [0.25, 0.3) is 0 Å². The Morgan fingerprint density at radius 2 is 1.80 bits per heavy atom. The van der Waals surface area contributed by atoms with Gasteiger partial charge >= 0.3 is 0 Å². The van der Waals surface area contributed by atoms with Crippen LogP contribution in [0.2, 0.25) is 0 Å². The van der Waals surface area contributed by atoms with Gasteiger partial charge in [-0.1, -0.05) is 22.0 Å². The van der Waals surface area contributed by atoms with Crippen molar-refractivity contribution in [2.75, 3.05) is 12.1 Å². The van der Waals surface area contributed by atoms with Crippen LogP contribution < -0.4 is 14.8 Å². The molecule has 0 saturated carbocycles. The van der Waals surface area contributed by atoms with Crippen molar-refractivity contribution < 1.29 is 9.47 Å². The molecule has 0 radical (unpaired) electrons. The second-order valence-corrected chi connectivity index (χ2v) is 5.80. The normalized spacial score (nSPS) is 12.6. The Kier molecular flexibility index (Phi) is 3.57. The predicted octanol–water partition coefficient (Wildman–Crippen LogP) is 4.41. The Balaban J connectivity index is 1.76. The molecule has 0 bridgehead atoms. The Hall–Kier alpha value is -1.68. The van der Waals surface area contributed by atoms with Gasteiger partial charge < -0.3 is 14.8 Å². The molecule has 3 nitrogen and oxygen atoms in total. The molecule has 4 heteroatoms. The van der Waals surface area contributed by atoms with Gasteiger partial charge in [-0.25, -0.2) is 0 Å². The molecular weight excluding hydrogens is 318 g/mol. The zero-order valence-corrected chi connectivity index (χ0v) is 13.1. The average Bonchev–Trinajstić information content (AvgIpc) is 2.87. The van der Waals surface area contributed by atoms with Gasteiger partial charge in [0.15, 0.2) is 11.5 Å². The minimum atomic E-state index is 0.301. The minimum absolute atomic E-state index is 0.301. The van der Waals surface area contributed by atoms with E-state index in [9.17, 15) is 0 Å². The number of aryl methyl sites for hydroxylation is 2. The van der Waals surface area contributed by atoms with Crippen LogP contribution >= 0.6 is 15.9 Å². The van der Waals surface area contributed by atoms with Gasteiger partial charge in [-0.2, -0.15) is 0 Å². The summed E-state index contributed by atoms with van der Waals surface area (Å²) in [5, 5.41) is 3.43. The first kappa shape index (κ1) is 13.3. The number of ether oxygens (including phenoxy) is 2. The molecule has 1 N–H and O–H groups in total. The summed E-state index contributed by atoms with van der Waals surface area (Å²) in [7, 11) is 0. The zero-order chi connectivity index (χ0) is 14.1. The van der Waals surface area contributed by atoms with Crippen molar-refractivity contribution in [1.29, 1.82) is 0 Å². The van der Waals surface area contributed by atoms with Crippen molar-refractivity contribution in [1.82, 2.24) is 0 Å². The van der Waals surface area contributed by atoms with E-state index in [1.807, 2.05) is 12.1 Å². The van der Waals surface area contributed by atoms with E-state index in [1.165, 1.54) is 11.1 Å². The number of anilines is 1. The highest BCUT2D eigenvalue weighted by molar-refractivity contribution is 9.10. The van der Waals surface area contributed by atoms with Crippen molar-refractivity contribution in [2.45, 2.75) is 20.4 Å². The van der Waals surface area contributed by atoms with E-state index in [2.05, 4.69) is 53.3 Å². The lowest BCUT2D eigenvalue weighted by Gasteiger charge is -2.11. The standard InChI is InChI=1S/C16H16BrNO2/c1-10-3-4-13(5-11(10)2)18-8-12-6-15-16(7-14(12)17)20-9-19-15/h3-7,18H,8-9H2,1-2H3. The van der Waals surface area contributed by atoms with E-state index in [1.54, 1.807) is 0 Å². The van der Waals surface area contributed by atoms with Crippen LogP contribution in [0.3, 0.4) is 0 Å². The Bertz CT molecular complexity index is 655. The molecule has 1 aliphatic heterocycles. The van der Waals surface area contributed by atoms with Gasteiger partial charge in [0.05, 0.1) is 0 Å². The lowest BCUT2D eigenvalue weighted by atomic mass is 10.1. The average molecular weight is 334 g/mol. The molecule has 1 aliphatic rings. The number of halogens is 1. The summed E-state index contributed by atoms with van der Waals surface area (Å²) < 4.78 is 11.8. The number of fused-ring (bicyclic) bond motifs is 1. The molecule has 104 valence electrons. The van der Waals surface area contributed by atoms with E-state index in [0.717, 1.165) is 33.8 Å². The molecule has 2 aromatic rings. The van der Waals surface area contributed by atoms with Crippen molar-refractivity contribution in [3.63, 3.8) is 0 Å². The maximum atomic E-state index is 5.41. The first-order chi connectivity index (χ1) is 9.63. The topological polar surface area (TPSA) is 30.5 Å². The van der Waals surface area contributed by atoms with Crippen LogP contribution in [-0.2, 0) is 6.54 Å². The van der Waals surface area contributed by atoms with E-state index >= 15 is 0 Å². The fourth-order valence-electron chi connectivity index (χ4n) is 2.14. The van der Waals surface area contributed by atoms with E-state index in [0.29, 0.717) is 6.79 Å². The summed E-state index contributed by atoms with van der Waals surface area (Å²) >= 11 is 3.57. The van der Waals surface area contributed by atoms with E-state index in [4.69, 9.17) is 9.47 Å². The number of hydrogen-bond acceptors (Lipinski definition) is 3. The molecule has 0 aliphatic carbocycles. The number of rotatable bonds is 3. The monoisotopic (exact) mass is 333 g/mol. The van der Waals surface area contributed by atoms with Gasteiger partial charge in [0, 0.05) is 16.7 Å². The number of hydrogen-bond donors (Lipinski definition) is 1. The maximum absolute atomic E-state index is 5.41. The van der Waals surface area contributed by atoms with Crippen molar-refractivity contribution in [3.05, 3.63) is 51.5 Å². The molecule has 0 saturated heterocycles. The highest BCUT2D eigenvalue weighted by atomic mass is 79.9. The molecule has 0 unspecified atom stereocenters. The summed E-state index contributed by atoms with van der Waals surface area (Å²) in [6, 6.07) is 10.4. The summed E-state index contributed by atoms with van der Waals surface area (Å²) in [6.45, 7) is 5.28. The van der Waals surface area contributed by atoms with Crippen LogP contribution in [0.5, 0.6) is 11.5 Å². The van der Waals surface area contributed by atoms with Crippen LogP contribution in [0.4, 0.5) is 5.69 Å². The third-order valence-electron chi connectivity index (χ3n) is 3.53. The second-order valence-electron chi connectivity index (χ2n) is 4.95. The summed E-state index contributed by atoms with van der Waals surface area (Å²) in [4.78, 5) is 0. The van der Waals surface area contributed by atoms with Crippen LogP contribution in [0.25, 0.3) is 0 Å². The molecule has 1 heterocycles. The molecule has 0 amide bonds. The highest BCUT2D eigenvalue weighted by Crippen LogP contribution is 2.37. The molecule has 0 spiro atoms. The summed E-state index contributed by atoms with van der Waals surface area (Å²) in [5.74, 6) is 1.61. The molecule has 20 heavy (non-hydrogen) atoms. The van der Waals surface area contributed by atoms with Gasteiger partial charge in [-0.05, 0) is 54.8 Å². The third-order valence-corrected chi connectivity index (χ3v) is 4.27. The Labute approximate surface area is 127 Å². The Morgan fingerprint density at radius 3 is 2.55 bits per heavy atom. The molecule has 0 atom stereocenters. The third kappa shape index (κ3) is 2.61. The van der Waals surface area contributed by atoms with E-state index < -0.39 is 0 Å². The fraction of sp³-hybridized carbons (Fsp3) is 0.250. The Morgan fingerprint density at radius 1 is 1.05 bits per heavy atom. The fourth-order valence-corrected chi connectivity index (χ4v) is 2.61. The molecule has 3 rings (SSSR count). The number of benzene rings is 2. The van der Waals surface area contributed by atoms with Crippen LogP contribution in [0.15, 0.2) is 34.8 Å². The smallest absolute Gasteiger partial charge is 0.231 e. The molecular formula is C16H16BrNO2. The lowest BCUT2D eigenvalue weighted by molar-refractivity contribution is 0.174. The predicted molar refractivity (Wildman–Crippen MR) is 83.5 cm³/mol. The van der Waals surface area contributed by atoms with Crippen molar-refractivity contribution in [2.24, 2.45) is 0 Å². The summed E-state index contributed by atoms with van der Waals surface area (Å²) in [5.41, 5.74) is 4.87.